The van der Waals surface area contributed by atoms with Gasteiger partial charge >= 0.3 is 0 Å². The zero-order chi connectivity index (χ0) is 11.9. The number of rotatable bonds is 1. The summed E-state index contributed by atoms with van der Waals surface area (Å²) in [7, 11) is 0. The number of hydrogen-bond acceptors (Lipinski definition) is 5. The maximum Gasteiger partial charge on any atom is 0.227 e. The smallest absolute Gasteiger partial charge is 0.227 e. The molecule has 0 aromatic carbocycles. The highest BCUT2D eigenvalue weighted by Crippen LogP contribution is 2.38. The summed E-state index contributed by atoms with van der Waals surface area (Å²) in [5.74, 6) is 1.25. The molecule has 1 fully saturated rings. The van der Waals surface area contributed by atoms with Gasteiger partial charge in [0.15, 0.2) is 0 Å². The Kier molecular flexibility index (Phi) is 2.99. The highest BCUT2D eigenvalue weighted by atomic mass is 35.5. The maximum atomic E-state index is 5.78. The molecule has 88 valence electrons. The number of ether oxygens (including phenoxy) is 1. The summed E-state index contributed by atoms with van der Waals surface area (Å²) in [6.45, 7) is 6.18. The minimum absolute atomic E-state index is 0.0721. The van der Waals surface area contributed by atoms with Crippen LogP contribution in [-0.2, 0) is 4.74 Å². The van der Waals surface area contributed by atoms with Gasteiger partial charge in [-0.25, -0.2) is 4.98 Å². The molecule has 4 unspecified atom stereocenters. The van der Waals surface area contributed by atoms with E-state index in [9.17, 15) is 0 Å². The van der Waals surface area contributed by atoms with Gasteiger partial charge in [-0.15, -0.1) is 0 Å². The van der Waals surface area contributed by atoms with Crippen LogP contribution in [0.1, 0.15) is 32.5 Å². The molecule has 1 aliphatic rings. The van der Waals surface area contributed by atoms with Gasteiger partial charge in [0.1, 0.15) is 5.82 Å². The van der Waals surface area contributed by atoms with E-state index in [2.05, 4.69) is 21.9 Å². The third-order valence-corrected chi connectivity index (χ3v) is 3.35. The van der Waals surface area contributed by atoms with E-state index in [4.69, 9.17) is 22.1 Å². The molecule has 2 heterocycles. The van der Waals surface area contributed by atoms with Gasteiger partial charge in [0.2, 0.25) is 11.2 Å². The van der Waals surface area contributed by atoms with Gasteiger partial charge in [-0.05, 0) is 31.4 Å². The minimum Gasteiger partial charge on any atom is -0.374 e. The largest absolute Gasteiger partial charge is 0.374 e. The van der Waals surface area contributed by atoms with Crippen LogP contribution in [-0.4, -0.2) is 27.2 Å². The van der Waals surface area contributed by atoms with Crippen LogP contribution in [0.3, 0.4) is 0 Å². The Morgan fingerprint density at radius 1 is 1.12 bits per heavy atom. The van der Waals surface area contributed by atoms with Crippen LogP contribution < -0.4 is 5.73 Å². The fourth-order valence-corrected chi connectivity index (χ4v) is 2.42. The van der Waals surface area contributed by atoms with Crippen molar-refractivity contribution in [2.75, 3.05) is 5.73 Å². The van der Waals surface area contributed by atoms with Crippen molar-refractivity contribution in [1.82, 2.24) is 15.0 Å². The molecule has 1 aromatic rings. The quantitative estimate of drug-likeness (QED) is 0.810. The van der Waals surface area contributed by atoms with Crippen molar-refractivity contribution in [1.29, 1.82) is 0 Å². The molecule has 0 spiro atoms. The van der Waals surface area contributed by atoms with Crippen LogP contribution in [0.25, 0.3) is 0 Å². The Morgan fingerprint density at radius 3 is 2.31 bits per heavy atom. The normalized spacial score (nSPS) is 34.2. The van der Waals surface area contributed by atoms with Crippen molar-refractivity contribution in [2.24, 2.45) is 5.92 Å². The number of anilines is 1. The number of nitrogens with two attached hydrogens (primary N) is 1. The fourth-order valence-electron chi connectivity index (χ4n) is 2.24. The first-order valence-corrected chi connectivity index (χ1v) is 5.69. The van der Waals surface area contributed by atoms with Gasteiger partial charge in [-0.1, -0.05) is 6.92 Å². The molecule has 0 saturated carbocycles. The molecule has 1 saturated heterocycles. The molecule has 2 rings (SSSR count). The molecule has 2 N–H and O–H groups in total. The molecular formula is C10H15ClN4O. The monoisotopic (exact) mass is 242 g/mol. The maximum absolute atomic E-state index is 5.78. The number of aromatic nitrogens is 3. The van der Waals surface area contributed by atoms with Gasteiger partial charge in [0, 0.05) is 0 Å². The summed E-state index contributed by atoms with van der Waals surface area (Å²) in [6, 6.07) is 0. The first kappa shape index (κ1) is 11.5. The van der Waals surface area contributed by atoms with Crippen molar-refractivity contribution in [2.45, 2.75) is 38.9 Å². The van der Waals surface area contributed by atoms with E-state index in [1.807, 2.05) is 13.8 Å². The van der Waals surface area contributed by atoms with Gasteiger partial charge in [-0.3, -0.25) is 0 Å². The number of nitrogens with zero attached hydrogens (tertiary/aromatic N) is 3. The van der Waals surface area contributed by atoms with Gasteiger partial charge in [0.05, 0.1) is 18.1 Å². The summed E-state index contributed by atoms with van der Waals surface area (Å²) < 4.78 is 5.74. The molecule has 16 heavy (non-hydrogen) atoms. The van der Waals surface area contributed by atoms with E-state index in [1.165, 1.54) is 0 Å². The third kappa shape index (κ3) is 1.97. The predicted octanol–water partition coefficient (Wildman–Crippen LogP) is 1.63. The first-order chi connectivity index (χ1) is 7.49. The van der Waals surface area contributed by atoms with E-state index < -0.39 is 0 Å². The Morgan fingerprint density at radius 2 is 1.81 bits per heavy atom. The fraction of sp³-hybridized carbons (Fsp3) is 0.700. The van der Waals surface area contributed by atoms with Crippen molar-refractivity contribution < 1.29 is 4.74 Å². The minimum atomic E-state index is 0.0721. The third-order valence-electron chi connectivity index (χ3n) is 3.18. The van der Waals surface area contributed by atoms with Crippen LogP contribution >= 0.6 is 11.6 Å². The van der Waals surface area contributed by atoms with Gasteiger partial charge in [-0.2, -0.15) is 9.97 Å². The second-order valence-electron chi connectivity index (χ2n) is 4.25. The van der Waals surface area contributed by atoms with Crippen molar-refractivity contribution in [3.63, 3.8) is 0 Å². The zero-order valence-electron chi connectivity index (χ0n) is 9.51. The standard InChI is InChI=1S/C10H15ClN4O/c1-4-5(2)16-6(3)7(4)8-13-9(11)15-10(12)14-8/h4-7H,1-3H3,(H2,12,13,14,15). The van der Waals surface area contributed by atoms with E-state index >= 15 is 0 Å². The molecule has 0 aliphatic carbocycles. The molecule has 4 atom stereocenters. The molecule has 1 aromatic heterocycles. The predicted molar refractivity (Wildman–Crippen MR) is 61.2 cm³/mol. The lowest BCUT2D eigenvalue weighted by atomic mass is 9.89. The van der Waals surface area contributed by atoms with E-state index in [1.54, 1.807) is 0 Å². The molecule has 0 radical (unpaired) electrons. The highest BCUT2D eigenvalue weighted by molar-refractivity contribution is 6.28. The molecular weight excluding hydrogens is 228 g/mol. The summed E-state index contributed by atoms with van der Waals surface area (Å²) in [4.78, 5) is 12.0. The summed E-state index contributed by atoms with van der Waals surface area (Å²) in [6.07, 6.45) is 0.264. The lowest BCUT2D eigenvalue weighted by Gasteiger charge is -2.16. The SMILES string of the molecule is CC1OC(C)C(c2nc(N)nc(Cl)n2)C1C. The first-order valence-electron chi connectivity index (χ1n) is 5.31. The average Bonchev–Trinajstić information content (AvgIpc) is 2.39. The van der Waals surface area contributed by atoms with Crippen molar-refractivity contribution >= 4 is 17.5 Å². The molecule has 0 amide bonds. The van der Waals surface area contributed by atoms with Gasteiger partial charge in [0.25, 0.3) is 0 Å². The van der Waals surface area contributed by atoms with Crippen LogP contribution in [0, 0.1) is 5.92 Å². The van der Waals surface area contributed by atoms with Crippen LogP contribution in [0.15, 0.2) is 0 Å². The summed E-state index contributed by atoms with van der Waals surface area (Å²) in [5.41, 5.74) is 5.57. The van der Waals surface area contributed by atoms with Crippen molar-refractivity contribution in [3.8, 4) is 0 Å². The Balaban J connectivity index is 2.36. The average molecular weight is 243 g/mol. The van der Waals surface area contributed by atoms with Crippen molar-refractivity contribution in [3.05, 3.63) is 11.1 Å². The topological polar surface area (TPSA) is 73.9 Å². The van der Waals surface area contributed by atoms with Crippen LogP contribution in [0.2, 0.25) is 5.28 Å². The van der Waals surface area contributed by atoms with Gasteiger partial charge < -0.3 is 10.5 Å². The lowest BCUT2D eigenvalue weighted by molar-refractivity contribution is 0.0553. The van der Waals surface area contributed by atoms with Crippen LogP contribution in [0.5, 0.6) is 0 Å². The summed E-state index contributed by atoms with van der Waals surface area (Å²) >= 11 is 5.78. The number of hydrogen-bond donors (Lipinski definition) is 1. The lowest BCUT2D eigenvalue weighted by Crippen LogP contribution is -2.19. The Labute approximate surface area is 99.4 Å². The Bertz CT molecular complexity index is 380. The second-order valence-corrected chi connectivity index (χ2v) is 4.59. The van der Waals surface area contributed by atoms with Crippen LogP contribution in [0.4, 0.5) is 5.95 Å². The molecule has 1 aliphatic heterocycles. The molecule has 6 heteroatoms. The second kappa shape index (κ2) is 4.14. The molecule has 5 nitrogen and oxygen atoms in total. The van der Waals surface area contributed by atoms with E-state index in [0.717, 1.165) is 0 Å². The van der Waals surface area contributed by atoms with E-state index in [-0.39, 0.29) is 29.4 Å². The number of nitrogen functional groups attached to an aromatic ring is 1. The molecule has 0 bridgehead atoms. The highest BCUT2D eigenvalue weighted by Gasteiger charge is 2.40. The zero-order valence-corrected chi connectivity index (χ0v) is 10.3. The number of halogens is 1. The van der Waals surface area contributed by atoms with E-state index in [0.29, 0.717) is 11.7 Å². The Hall–Kier alpha value is -0.940. The summed E-state index contributed by atoms with van der Waals surface area (Å²) in [5, 5.41) is 0.140.